The maximum Gasteiger partial charge on any atom is 0.339 e. The number of nitro groups is 1. The van der Waals surface area contributed by atoms with Gasteiger partial charge in [-0.05, 0) is 18.3 Å². The van der Waals surface area contributed by atoms with Gasteiger partial charge in [-0.25, -0.2) is 9.78 Å². The van der Waals surface area contributed by atoms with Crippen molar-refractivity contribution in [1.82, 2.24) is 4.98 Å². The van der Waals surface area contributed by atoms with E-state index in [1.165, 1.54) is 6.42 Å². The summed E-state index contributed by atoms with van der Waals surface area (Å²) in [6.07, 6.45) is 1.17. The summed E-state index contributed by atoms with van der Waals surface area (Å²) in [6, 6.07) is 0.990. The number of nitrogens with two attached hydrogens (primary N) is 1. The molecule has 1 aromatic rings. The highest BCUT2D eigenvalue weighted by molar-refractivity contribution is 5.95. The van der Waals surface area contributed by atoms with E-state index in [4.69, 9.17) is 5.73 Å². The molecule has 2 atom stereocenters. The smallest absolute Gasteiger partial charge is 0.339 e. The summed E-state index contributed by atoms with van der Waals surface area (Å²) in [5, 5.41) is 19.9. The maximum atomic E-state index is 11.2. The molecule has 2 unspecified atom stereocenters. The van der Waals surface area contributed by atoms with Crippen LogP contribution in [0.15, 0.2) is 6.07 Å². The number of rotatable bonds is 3. The van der Waals surface area contributed by atoms with Crippen LogP contribution in [-0.4, -0.2) is 34.1 Å². The lowest BCUT2D eigenvalue weighted by atomic mass is 10.2. The predicted molar refractivity (Wildman–Crippen MR) is 66.1 cm³/mol. The molecule has 2 fully saturated rings. The molecule has 0 aromatic carbocycles. The van der Waals surface area contributed by atoms with Gasteiger partial charge in [0.25, 0.3) is 0 Å². The summed E-state index contributed by atoms with van der Waals surface area (Å²) in [5.41, 5.74) is 4.90. The van der Waals surface area contributed by atoms with Gasteiger partial charge in [-0.3, -0.25) is 10.1 Å². The van der Waals surface area contributed by atoms with Crippen LogP contribution >= 0.6 is 0 Å². The van der Waals surface area contributed by atoms with Crippen LogP contribution in [0, 0.1) is 22.0 Å². The van der Waals surface area contributed by atoms with E-state index >= 15 is 0 Å². The van der Waals surface area contributed by atoms with Crippen molar-refractivity contribution in [3.05, 3.63) is 21.7 Å². The number of fused-ring (bicyclic) bond motifs is 1. The zero-order valence-electron chi connectivity index (χ0n) is 9.94. The Hall–Kier alpha value is -2.38. The van der Waals surface area contributed by atoms with Gasteiger partial charge in [0.05, 0.1) is 4.92 Å². The fourth-order valence-corrected chi connectivity index (χ4v) is 2.62. The van der Waals surface area contributed by atoms with Crippen LogP contribution in [0.3, 0.4) is 0 Å². The molecule has 1 aliphatic carbocycles. The van der Waals surface area contributed by atoms with Crippen molar-refractivity contribution >= 4 is 23.3 Å². The molecule has 2 heterocycles. The molecule has 19 heavy (non-hydrogen) atoms. The number of hydrogen-bond donors (Lipinski definition) is 2. The van der Waals surface area contributed by atoms with Gasteiger partial charge in [0.2, 0.25) is 5.82 Å². The average molecular weight is 264 g/mol. The Kier molecular flexibility index (Phi) is 2.34. The van der Waals surface area contributed by atoms with Crippen molar-refractivity contribution in [3.8, 4) is 0 Å². The molecule has 0 amide bonds. The first kappa shape index (κ1) is 11.7. The van der Waals surface area contributed by atoms with E-state index in [9.17, 15) is 20.0 Å². The van der Waals surface area contributed by atoms with Crippen LogP contribution in [0.4, 0.5) is 17.3 Å². The number of anilines is 2. The number of pyridine rings is 1. The van der Waals surface area contributed by atoms with Crippen molar-refractivity contribution in [3.63, 3.8) is 0 Å². The molecule has 0 radical (unpaired) electrons. The van der Waals surface area contributed by atoms with Crippen LogP contribution < -0.4 is 10.6 Å². The highest BCUT2D eigenvalue weighted by Crippen LogP contribution is 2.46. The summed E-state index contributed by atoms with van der Waals surface area (Å²) in [4.78, 5) is 27.1. The number of carboxylic acids is 1. The first-order valence-electron chi connectivity index (χ1n) is 5.90. The molecule has 100 valence electrons. The van der Waals surface area contributed by atoms with Crippen LogP contribution in [0.1, 0.15) is 16.8 Å². The zero-order chi connectivity index (χ0) is 13.7. The van der Waals surface area contributed by atoms with E-state index in [0.717, 1.165) is 19.2 Å². The van der Waals surface area contributed by atoms with Gasteiger partial charge in [0.1, 0.15) is 11.4 Å². The lowest BCUT2D eigenvalue weighted by molar-refractivity contribution is -0.384. The minimum atomic E-state index is -1.23. The van der Waals surface area contributed by atoms with E-state index in [1.54, 1.807) is 0 Å². The topological polar surface area (TPSA) is 123 Å². The van der Waals surface area contributed by atoms with E-state index < -0.39 is 16.6 Å². The molecule has 1 saturated carbocycles. The molecule has 1 aromatic heterocycles. The van der Waals surface area contributed by atoms with Crippen molar-refractivity contribution in [2.24, 2.45) is 11.8 Å². The summed E-state index contributed by atoms with van der Waals surface area (Å²) in [5.74, 6) is -0.0423. The van der Waals surface area contributed by atoms with E-state index in [1.807, 2.05) is 4.90 Å². The Bertz CT molecular complexity index is 578. The van der Waals surface area contributed by atoms with Gasteiger partial charge in [0, 0.05) is 19.2 Å². The maximum absolute atomic E-state index is 11.2. The van der Waals surface area contributed by atoms with Gasteiger partial charge >= 0.3 is 11.7 Å². The Morgan fingerprint density at radius 2 is 2.16 bits per heavy atom. The third kappa shape index (κ3) is 1.85. The Morgan fingerprint density at radius 1 is 1.53 bits per heavy atom. The number of nitrogens with zero attached hydrogens (tertiary/aromatic N) is 3. The van der Waals surface area contributed by atoms with Crippen LogP contribution in [-0.2, 0) is 0 Å². The van der Waals surface area contributed by atoms with E-state index in [0.29, 0.717) is 11.8 Å². The number of hydrogen-bond acceptors (Lipinski definition) is 6. The van der Waals surface area contributed by atoms with E-state index in [-0.39, 0.29) is 17.2 Å². The van der Waals surface area contributed by atoms with Crippen molar-refractivity contribution in [2.45, 2.75) is 6.42 Å². The summed E-state index contributed by atoms with van der Waals surface area (Å²) < 4.78 is 0. The Balaban J connectivity index is 2.04. The molecule has 2 aliphatic rings. The predicted octanol–water partition coefficient (Wildman–Crippen LogP) is 0.726. The second-order valence-electron chi connectivity index (χ2n) is 4.99. The zero-order valence-corrected chi connectivity index (χ0v) is 9.94. The number of nitrogen functional groups attached to an aromatic ring is 1. The van der Waals surface area contributed by atoms with Crippen molar-refractivity contribution < 1.29 is 14.8 Å². The fraction of sp³-hybridized carbons (Fsp3) is 0.455. The lowest BCUT2D eigenvalue weighted by Gasteiger charge is -2.20. The lowest BCUT2D eigenvalue weighted by Crippen LogP contribution is -2.26. The van der Waals surface area contributed by atoms with Crippen LogP contribution in [0.2, 0.25) is 0 Å². The molecule has 1 aliphatic heterocycles. The largest absolute Gasteiger partial charge is 0.478 e. The first-order valence-corrected chi connectivity index (χ1v) is 5.90. The number of carboxylic acid groups (broad SMARTS) is 1. The van der Waals surface area contributed by atoms with Crippen LogP contribution in [0.5, 0.6) is 0 Å². The quantitative estimate of drug-likeness (QED) is 0.609. The molecular weight excluding hydrogens is 252 g/mol. The highest BCUT2D eigenvalue weighted by Gasteiger charge is 2.46. The molecule has 8 heteroatoms. The average Bonchev–Trinajstić information content (AvgIpc) is 2.95. The molecule has 0 bridgehead atoms. The second-order valence-corrected chi connectivity index (χ2v) is 4.99. The fourth-order valence-electron chi connectivity index (χ4n) is 2.62. The number of aromatic carboxylic acids is 1. The SMILES string of the molecule is Nc1nc(N2CC3CC3C2)c(C(=O)O)cc1[N+](=O)[O-]. The minimum absolute atomic E-state index is 0.165. The van der Waals surface area contributed by atoms with Gasteiger partial charge in [-0.2, -0.15) is 0 Å². The summed E-state index contributed by atoms with van der Waals surface area (Å²) in [6.45, 7) is 1.49. The molecular formula is C11H12N4O4. The standard InChI is InChI=1S/C11H12N4O4/c12-9-8(15(18)19)2-7(11(16)17)10(13-9)14-3-5-1-6(5)4-14/h2,5-6H,1,3-4H2,(H2,12,13)(H,16,17). The number of carbonyl (C=O) groups is 1. The third-order valence-electron chi connectivity index (χ3n) is 3.72. The number of piperidine rings is 1. The van der Waals surface area contributed by atoms with Crippen molar-refractivity contribution in [2.75, 3.05) is 23.7 Å². The summed E-state index contributed by atoms with van der Waals surface area (Å²) >= 11 is 0. The molecule has 1 saturated heterocycles. The normalized spacial score (nSPS) is 24.1. The molecule has 8 nitrogen and oxygen atoms in total. The van der Waals surface area contributed by atoms with E-state index in [2.05, 4.69) is 4.98 Å². The van der Waals surface area contributed by atoms with Crippen LogP contribution in [0.25, 0.3) is 0 Å². The second kappa shape index (κ2) is 3.81. The monoisotopic (exact) mass is 264 g/mol. The minimum Gasteiger partial charge on any atom is -0.478 e. The summed E-state index contributed by atoms with van der Waals surface area (Å²) in [7, 11) is 0. The van der Waals surface area contributed by atoms with Gasteiger partial charge in [0.15, 0.2) is 0 Å². The van der Waals surface area contributed by atoms with Gasteiger partial charge in [-0.1, -0.05) is 0 Å². The van der Waals surface area contributed by atoms with Gasteiger partial charge < -0.3 is 15.7 Å². The first-order chi connectivity index (χ1) is 8.97. The third-order valence-corrected chi connectivity index (χ3v) is 3.72. The van der Waals surface area contributed by atoms with Gasteiger partial charge in [-0.15, -0.1) is 0 Å². The Labute approximate surface area is 108 Å². The van der Waals surface area contributed by atoms with Crippen molar-refractivity contribution in [1.29, 1.82) is 0 Å². The molecule has 0 spiro atoms. The Morgan fingerprint density at radius 3 is 2.68 bits per heavy atom. The molecule has 3 N–H and O–H groups in total. The number of aromatic nitrogens is 1. The molecule has 3 rings (SSSR count). The highest BCUT2D eigenvalue weighted by atomic mass is 16.6.